The van der Waals surface area contributed by atoms with Gasteiger partial charge in [0.15, 0.2) is 0 Å². The number of aromatic nitrogens is 1. The molecule has 0 radical (unpaired) electrons. The van der Waals surface area contributed by atoms with Gasteiger partial charge in [-0.2, -0.15) is 0 Å². The number of nitrogens with zero attached hydrogens (tertiary/aromatic N) is 1. The number of rotatable bonds is 12. The van der Waals surface area contributed by atoms with E-state index in [9.17, 15) is 10.2 Å². The van der Waals surface area contributed by atoms with Gasteiger partial charge in [0.05, 0.1) is 11.8 Å². The minimum atomic E-state index is -0.144. The van der Waals surface area contributed by atoms with E-state index in [4.69, 9.17) is 4.99 Å². The van der Waals surface area contributed by atoms with Gasteiger partial charge in [-0.25, -0.2) is 0 Å². The second kappa shape index (κ2) is 14.1. The van der Waals surface area contributed by atoms with Crippen LogP contribution in [0.5, 0.6) is 5.75 Å². The lowest BCUT2D eigenvalue weighted by atomic mass is 9.52. The standard InChI is InChI=1S/C42H58N2O2/c1-27-23-29(3)43-40(27)36(41-28(2)24-30(4)44-41)16-14-12-10-8-6-7-9-11-13-15-31-25-32-26-33(45)17-18-34(32)35-21-22-42(5)37(39(31)35)19-20-38(42)46/h11,13,17-18,23-24,26,31,35,37-39,43,45-46H,6-10,12,14-16,19-22,25H2,1-5H3/b13-11+,41-36-/t31-,35-,37+,38+,39-,42+/m1/s1. The number of hydrogen-bond donors (Lipinski definition) is 3. The van der Waals surface area contributed by atoms with Gasteiger partial charge >= 0.3 is 0 Å². The Labute approximate surface area is 278 Å². The minimum absolute atomic E-state index is 0.0787. The van der Waals surface area contributed by atoms with Crippen LogP contribution in [0.1, 0.15) is 138 Å². The Bertz CT molecular complexity index is 1520. The average molecular weight is 623 g/mol. The first-order valence-electron chi connectivity index (χ1n) is 18.4. The molecule has 4 aliphatic rings. The highest BCUT2D eigenvalue weighted by Gasteiger charge is 2.56. The van der Waals surface area contributed by atoms with Crippen LogP contribution in [0, 0.1) is 37.0 Å². The third-order valence-electron chi connectivity index (χ3n) is 12.3. The largest absolute Gasteiger partial charge is 0.508 e. The first-order valence-corrected chi connectivity index (χ1v) is 18.4. The molecule has 0 saturated heterocycles. The van der Waals surface area contributed by atoms with Gasteiger partial charge in [0, 0.05) is 22.7 Å². The van der Waals surface area contributed by atoms with Crippen molar-refractivity contribution in [3.63, 3.8) is 0 Å². The molecule has 4 nitrogen and oxygen atoms in total. The fourth-order valence-corrected chi connectivity index (χ4v) is 10.0. The van der Waals surface area contributed by atoms with Crippen molar-refractivity contribution < 1.29 is 10.2 Å². The number of unbranched alkanes of at least 4 members (excludes halogenated alkanes) is 6. The number of aliphatic hydroxyl groups is 1. The highest BCUT2D eigenvalue weighted by atomic mass is 16.3. The van der Waals surface area contributed by atoms with Gasteiger partial charge in [-0.1, -0.05) is 50.8 Å². The van der Waals surface area contributed by atoms with Gasteiger partial charge in [-0.15, -0.1) is 0 Å². The molecule has 3 aliphatic carbocycles. The Kier molecular flexibility index (Phi) is 10.1. The van der Waals surface area contributed by atoms with E-state index in [1.807, 2.05) is 12.1 Å². The molecule has 2 heterocycles. The molecule has 0 bridgehead atoms. The molecule has 1 aromatic heterocycles. The summed E-state index contributed by atoms with van der Waals surface area (Å²) in [5.41, 5.74) is 11.7. The monoisotopic (exact) mass is 622 g/mol. The van der Waals surface area contributed by atoms with E-state index in [2.05, 4.69) is 70.0 Å². The number of phenolic OH excluding ortho intramolecular Hbond substituents is 1. The summed E-state index contributed by atoms with van der Waals surface area (Å²) < 4.78 is 0. The Hall–Kier alpha value is -2.85. The summed E-state index contributed by atoms with van der Waals surface area (Å²) in [7, 11) is 0. The van der Waals surface area contributed by atoms with Crippen molar-refractivity contribution in [2.45, 2.75) is 137 Å². The molecule has 4 heteroatoms. The van der Waals surface area contributed by atoms with Crippen LogP contribution in [0.15, 0.2) is 58.8 Å². The highest BCUT2D eigenvalue weighted by molar-refractivity contribution is 5.99. The second-order valence-corrected chi connectivity index (χ2v) is 15.6. The maximum Gasteiger partial charge on any atom is 0.115 e. The van der Waals surface area contributed by atoms with Crippen LogP contribution in [0.4, 0.5) is 0 Å². The van der Waals surface area contributed by atoms with E-state index in [0.29, 0.717) is 29.4 Å². The Morgan fingerprint density at radius 1 is 0.978 bits per heavy atom. The number of aromatic hydroxyl groups is 1. The summed E-state index contributed by atoms with van der Waals surface area (Å²) in [4.78, 5) is 8.52. The molecule has 2 fully saturated rings. The first kappa shape index (κ1) is 33.1. The molecule has 6 rings (SSSR count). The summed E-state index contributed by atoms with van der Waals surface area (Å²) in [6.45, 7) is 11.0. The van der Waals surface area contributed by atoms with Crippen LogP contribution in [0.2, 0.25) is 0 Å². The molecule has 0 amide bonds. The average Bonchev–Trinajstić information content (AvgIpc) is 3.65. The van der Waals surface area contributed by atoms with Gasteiger partial charge < -0.3 is 15.2 Å². The molecule has 3 N–H and O–H groups in total. The zero-order chi connectivity index (χ0) is 32.4. The number of aromatic amines is 1. The van der Waals surface area contributed by atoms with Crippen molar-refractivity contribution in [3.05, 3.63) is 81.8 Å². The Balaban J connectivity index is 0.959. The number of aliphatic imine (C=N–C) groups is 1. The molecule has 2 saturated carbocycles. The number of aliphatic hydroxyl groups excluding tert-OH is 1. The van der Waals surface area contributed by atoms with Crippen LogP contribution in [-0.4, -0.2) is 27.0 Å². The number of aryl methyl sites for hydroxylation is 2. The zero-order valence-electron chi connectivity index (χ0n) is 29.2. The number of H-pyrrole nitrogens is 1. The van der Waals surface area contributed by atoms with Crippen molar-refractivity contribution in [1.82, 2.24) is 4.98 Å². The molecular formula is C42H58N2O2. The molecule has 0 unspecified atom stereocenters. The fraction of sp³-hybridized carbons (Fsp3) is 0.595. The molecule has 1 aliphatic heterocycles. The van der Waals surface area contributed by atoms with Gasteiger partial charge in [0.1, 0.15) is 5.75 Å². The van der Waals surface area contributed by atoms with Gasteiger partial charge in [0.2, 0.25) is 0 Å². The van der Waals surface area contributed by atoms with E-state index in [-0.39, 0.29) is 11.5 Å². The maximum absolute atomic E-state index is 10.9. The lowest BCUT2D eigenvalue weighted by molar-refractivity contribution is -0.0377. The third-order valence-corrected chi connectivity index (χ3v) is 12.3. The van der Waals surface area contributed by atoms with Crippen LogP contribution in [0.3, 0.4) is 0 Å². The minimum Gasteiger partial charge on any atom is -0.508 e. The lowest BCUT2D eigenvalue weighted by Crippen LogP contribution is -2.47. The first-order chi connectivity index (χ1) is 22.2. The van der Waals surface area contributed by atoms with E-state index in [1.54, 1.807) is 0 Å². The zero-order valence-corrected chi connectivity index (χ0v) is 29.2. The van der Waals surface area contributed by atoms with E-state index in [0.717, 1.165) is 37.8 Å². The lowest BCUT2D eigenvalue weighted by Gasteiger charge is -2.53. The number of allylic oxidation sites excluding steroid dienone is 5. The summed E-state index contributed by atoms with van der Waals surface area (Å²) in [6.07, 6.45) is 23.5. The van der Waals surface area contributed by atoms with Gasteiger partial charge in [0.25, 0.3) is 0 Å². The second-order valence-electron chi connectivity index (χ2n) is 15.6. The third kappa shape index (κ3) is 6.75. The molecule has 1 aromatic carbocycles. The van der Waals surface area contributed by atoms with E-state index < -0.39 is 0 Å². The normalized spacial score (nSPS) is 29.8. The SMILES string of the molecule is CC1=CC(C)=N/C1=C(/CCCCCCCC/C=C/C[C@@H]1Cc2cc(O)ccc2[C@H]2CC[C@]3(C)[C@@H](O)CC[C@H]3[C@H]12)c1[nH]c(C)cc1C. The van der Waals surface area contributed by atoms with Gasteiger partial charge in [-0.3, -0.25) is 4.99 Å². The molecular weight excluding hydrogens is 564 g/mol. The van der Waals surface area contributed by atoms with Crippen LogP contribution in [0.25, 0.3) is 5.57 Å². The Morgan fingerprint density at radius 3 is 2.50 bits per heavy atom. The fourth-order valence-electron chi connectivity index (χ4n) is 10.0. The summed E-state index contributed by atoms with van der Waals surface area (Å²) >= 11 is 0. The van der Waals surface area contributed by atoms with Crippen LogP contribution >= 0.6 is 0 Å². The highest BCUT2D eigenvalue weighted by Crippen LogP contribution is 2.62. The Morgan fingerprint density at radius 2 is 1.76 bits per heavy atom. The molecule has 6 atom stereocenters. The number of nitrogens with one attached hydrogen (secondary N) is 1. The number of benzene rings is 1. The summed E-state index contributed by atoms with van der Waals surface area (Å²) in [6, 6.07) is 8.36. The quantitative estimate of drug-likeness (QED) is 0.163. The smallest absolute Gasteiger partial charge is 0.115 e. The summed E-state index contributed by atoms with van der Waals surface area (Å²) in [5, 5.41) is 21.2. The predicted octanol–water partition coefficient (Wildman–Crippen LogP) is 10.7. The molecule has 0 spiro atoms. The van der Waals surface area contributed by atoms with Crippen molar-refractivity contribution >= 4 is 11.3 Å². The predicted molar refractivity (Wildman–Crippen MR) is 192 cm³/mol. The molecule has 2 aromatic rings. The maximum atomic E-state index is 10.9. The van der Waals surface area contributed by atoms with Crippen LogP contribution < -0.4 is 0 Å². The molecule has 46 heavy (non-hydrogen) atoms. The van der Waals surface area contributed by atoms with Gasteiger partial charge in [-0.05, 0) is 168 Å². The van der Waals surface area contributed by atoms with Crippen molar-refractivity contribution in [2.24, 2.45) is 28.2 Å². The molecule has 248 valence electrons. The number of hydrogen-bond acceptors (Lipinski definition) is 3. The van der Waals surface area contributed by atoms with Crippen molar-refractivity contribution in [3.8, 4) is 5.75 Å². The topological polar surface area (TPSA) is 68.6 Å². The van der Waals surface area contributed by atoms with Crippen LogP contribution in [-0.2, 0) is 6.42 Å². The number of fused-ring (bicyclic) bond motifs is 5. The van der Waals surface area contributed by atoms with Crippen molar-refractivity contribution in [2.75, 3.05) is 0 Å². The van der Waals surface area contributed by atoms with E-state index >= 15 is 0 Å². The summed E-state index contributed by atoms with van der Waals surface area (Å²) in [5.74, 6) is 2.83. The number of phenols is 1. The van der Waals surface area contributed by atoms with E-state index in [1.165, 1.54) is 103 Å². The van der Waals surface area contributed by atoms with Crippen molar-refractivity contribution in [1.29, 1.82) is 0 Å².